The van der Waals surface area contributed by atoms with E-state index < -0.39 is 9.84 Å². The molecule has 8 nitrogen and oxygen atoms in total. The molecule has 9 heteroatoms. The summed E-state index contributed by atoms with van der Waals surface area (Å²) in [5, 5.41) is 5.32. The quantitative estimate of drug-likeness (QED) is 0.662. The lowest BCUT2D eigenvalue weighted by Crippen LogP contribution is -2.35. The Kier molecular flexibility index (Phi) is 6.93. The van der Waals surface area contributed by atoms with Crippen molar-refractivity contribution in [1.29, 1.82) is 0 Å². The van der Waals surface area contributed by atoms with Crippen molar-refractivity contribution >= 4 is 15.7 Å². The van der Waals surface area contributed by atoms with Crippen LogP contribution in [0.3, 0.4) is 0 Å². The maximum atomic E-state index is 12.4. The Bertz CT molecular complexity index is 841. The molecule has 1 heterocycles. The molecule has 1 amide bonds. The van der Waals surface area contributed by atoms with E-state index in [0.29, 0.717) is 18.0 Å². The first-order valence-corrected chi connectivity index (χ1v) is 9.42. The number of benzene rings is 1. The average Bonchev–Trinajstić information content (AvgIpc) is 2.66. The second-order valence-electron chi connectivity index (χ2n) is 5.34. The number of aromatic nitrogens is 1. The number of hydrogen-bond acceptors (Lipinski definition) is 7. The van der Waals surface area contributed by atoms with Crippen LogP contribution in [0.2, 0.25) is 0 Å². The molecular weight excluding hydrogens is 358 g/mol. The molecule has 0 saturated heterocycles. The number of nitrogens with one attached hydrogen (secondary N) is 2. The van der Waals surface area contributed by atoms with Crippen LogP contribution in [0, 0.1) is 0 Å². The van der Waals surface area contributed by atoms with E-state index in [1.54, 1.807) is 18.5 Å². The van der Waals surface area contributed by atoms with Gasteiger partial charge >= 0.3 is 0 Å². The van der Waals surface area contributed by atoms with Crippen LogP contribution in [0.4, 0.5) is 0 Å². The Labute approximate surface area is 152 Å². The van der Waals surface area contributed by atoms with Crippen LogP contribution < -0.4 is 20.1 Å². The number of pyridine rings is 1. The Morgan fingerprint density at radius 2 is 1.92 bits per heavy atom. The van der Waals surface area contributed by atoms with Gasteiger partial charge in [0.2, 0.25) is 5.91 Å². The molecule has 1 aromatic carbocycles. The molecule has 140 valence electrons. The molecule has 0 aliphatic heterocycles. The largest absolute Gasteiger partial charge is 0.493 e. The second-order valence-corrected chi connectivity index (χ2v) is 7.33. The number of carbonyl (C=O) groups is 1. The summed E-state index contributed by atoms with van der Waals surface area (Å²) >= 11 is 0. The molecule has 0 spiro atoms. The zero-order valence-electron chi connectivity index (χ0n) is 14.6. The molecule has 0 bridgehead atoms. The number of sulfone groups is 1. The first-order valence-electron chi connectivity index (χ1n) is 7.77. The number of carbonyl (C=O) groups excluding carboxylic acids is 1. The Balaban J connectivity index is 1.87. The van der Waals surface area contributed by atoms with Crippen LogP contribution in [-0.2, 0) is 21.2 Å². The van der Waals surface area contributed by atoms with E-state index in [2.05, 4.69) is 15.6 Å². The number of rotatable bonds is 9. The third kappa shape index (κ3) is 5.43. The minimum atomic E-state index is -3.62. The maximum Gasteiger partial charge on any atom is 0.234 e. The summed E-state index contributed by atoms with van der Waals surface area (Å²) < 4.78 is 34.9. The van der Waals surface area contributed by atoms with E-state index in [0.717, 1.165) is 5.56 Å². The summed E-state index contributed by atoms with van der Waals surface area (Å²) in [6.07, 6.45) is 3.29. The van der Waals surface area contributed by atoms with Gasteiger partial charge in [-0.05, 0) is 23.8 Å². The van der Waals surface area contributed by atoms with Gasteiger partial charge in [0, 0.05) is 25.0 Å². The van der Waals surface area contributed by atoms with Gasteiger partial charge in [0.25, 0.3) is 0 Å². The molecule has 0 saturated carbocycles. The fourth-order valence-corrected chi connectivity index (χ4v) is 3.26. The topological polar surface area (TPSA) is 107 Å². The number of nitrogens with zero attached hydrogens (tertiary/aromatic N) is 1. The van der Waals surface area contributed by atoms with Crippen LogP contribution in [-0.4, -0.2) is 46.0 Å². The van der Waals surface area contributed by atoms with Gasteiger partial charge in [-0.1, -0.05) is 6.07 Å². The van der Waals surface area contributed by atoms with Gasteiger partial charge < -0.3 is 14.8 Å². The number of ether oxygens (including phenoxy) is 2. The highest BCUT2D eigenvalue weighted by molar-refractivity contribution is 7.91. The highest BCUT2D eigenvalue weighted by atomic mass is 32.2. The fraction of sp³-hybridized carbons (Fsp3) is 0.294. The van der Waals surface area contributed by atoms with Crippen molar-refractivity contribution in [2.45, 2.75) is 11.4 Å². The van der Waals surface area contributed by atoms with Crippen LogP contribution in [0.25, 0.3) is 0 Å². The average molecular weight is 379 g/mol. The summed E-state index contributed by atoms with van der Waals surface area (Å²) in [6.45, 7) is 0.212. The lowest BCUT2D eigenvalue weighted by Gasteiger charge is -2.11. The van der Waals surface area contributed by atoms with Crippen LogP contribution >= 0.6 is 0 Å². The third-order valence-electron chi connectivity index (χ3n) is 3.50. The minimum absolute atomic E-state index is 0.0819. The highest BCUT2D eigenvalue weighted by Gasteiger charge is 2.17. The molecular formula is C17H21N3O5S. The molecule has 0 aliphatic rings. The van der Waals surface area contributed by atoms with E-state index in [4.69, 9.17) is 9.47 Å². The van der Waals surface area contributed by atoms with Gasteiger partial charge in [0.1, 0.15) is 5.88 Å². The maximum absolute atomic E-state index is 12.4. The van der Waals surface area contributed by atoms with Crippen molar-refractivity contribution in [3.63, 3.8) is 0 Å². The predicted molar refractivity (Wildman–Crippen MR) is 95.7 cm³/mol. The van der Waals surface area contributed by atoms with Crippen molar-refractivity contribution in [2.24, 2.45) is 0 Å². The van der Waals surface area contributed by atoms with Gasteiger partial charge in [-0.2, -0.15) is 0 Å². The van der Waals surface area contributed by atoms with Crippen molar-refractivity contribution in [2.75, 3.05) is 26.6 Å². The van der Waals surface area contributed by atoms with Crippen LogP contribution in [0.1, 0.15) is 5.56 Å². The molecule has 0 aliphatic carbocycles. The lowest BCUT2D eigenvalue weighted by atomic mass is 10.3. The molecule has 0 radical (unpaired) electrons. The zero-order chi connectivity index (χ0) is 19.0. The van der Waals surface area contributed by atoms with Gasteiger partial charge in [-0.3, -0.25) is 15.1 Å². The van der Waals surface area contributed by atoms with Gasteiger partial charge in [0.15, 0.2) is 21.3 Å². The summed E-state index contributed by atoms with van der Waals surface area (Å²) in [4.78, 5) is 15.8. The summed E-state index contributed by atoms with van der Waals surface area (Å²) in [5.41, 5.74) is 0.860. The predicted octanol–water partition coefficient (Wildman–Crippen LogP) is 0.736. The molecule has 1 aromatic heterocycles. The van der Waals surface area contributed by atoms with Gasteiger partial charge in [-0.15, -0.1) is 0 Å². The molecule has 0 unspecified atom stereocenters. The highest BCUT2D eigenvalue weighted by Crippen LogP contribution is 2.29. The molecule has 26 heavy (non-hydrogen) atoms. The van der Waals surface area contributed by atoms with E-state index in [-0.39, 0.29) is 23.2 Å². The molecule has 0 fully saturated rings. The Morgan fingerprint density at radius 1 is 1.15 bits per heavy atom. The fourth-order valence-electron chi connectivity index (χ4n) is 2.16. The summed E-state index contributed by atoms with van der Waals surface area (Å²) in [7, 11) is -0.718. The van der Waals surface area contributed by atoms with E-state index >= 15 is 0 Å². The van der Waals surface area contributed by atoms with Gasteiger partial charge in [-0.25, -0.2) is 8.42 Å². The first-order chi connectivity index (χ1) is 12.5. The molecule has 2 aromatic rings. The van der Waals surface area contributed by atoms with Crippen LogP contribution in [0.15, 0.2) is 47.6 Å². The Hall–Kier alpha value is -2.65. The van der Waals surface area contributed by atoms with E-state index in [9.17, 15) is 13.2 Å². The zero-order valence-corrected chi connectivity index (χ0v) is 15.4. The van der Waals surface area contributed by atoms with E-state index in [1.807, 2.05) is 6.07 Å². The summed E-state index contributed by atoms with van der Waals surface area (Å²) in [5.74, 6) is 0.0799. The minimum Gasteiger partial charge on any atom is -0.493 e. The van der Waals surface area contributed by atoms with Gasteiger partial charge in [0.05, 0.1) is 25.7 Å². The second kappa shape index (κ2) is 9.16. The number of amides is 1. The van der Waals surface area contributed by atoms with Crippen LogP contribution in [0.5, 0.6) is 11.5 Å². The lowest BCUT2D eigenvalue weighted by molar-refractivity contribution is -0.120. The number of methoxy groups -OCH3 is 2. The smallest absolute Gasteiger partial charge is 0.234 e. The van der Waals surface area contributed by atoms with Crippen molar-refractivity contribution in [1.82, 2.24) is 15.6 Å². The Morgan fingerprint density at radius 3 is 2.58 bits per heavy atom. The standard InChI is InChI=1S/C17H21N3O5S/c1-24-15-6-5-14(8-16(15)25-2)26(22,23)12-19-11-17(21)20-10-13-4-3-7-18-9-13/h3-9,19H,10-12H2,1-2H3,(H,20,21). The monoisotopic (exact) mass is 379 g/mol. The molecule has 0 atom stereocenters. The first kappa shape index (κ1) is 19.7. The molecule has 2 rings (SSSR count). The number of hydrogen-bond donors (Lipinski definition) is 2. The third-order valence-corrected chi connectivity index (χ3v) is 5.06. The SMILES string of the molecule is COc1ccc(S(=O)(=O)CNCC(=O)NCc2cccnc2)cc1OC. The summed E-state index contributed by atoms with van der Waals surface area (Å²) in [6, 6.07) is 7.95. The normalized spacial score (nSPS) is 11.0. The van der Waals surface area contributed by atoms with Crippen molar-refractivity contribution < 1.29 is 22.7 Å². The molecule has 2 N–H and O–H groups in total. The van der Waals surface area contributed by atoms with E-state index in [1.165, 1.54) is 32.4 Å². The van der Waals surface area contributed by atoms with Crippen molar-refractivity contribution in [3.8, 4) is 11.5 Å². The van der Waals surface area contributed by atoms with Crippen molar-refractivity contribution in [3.05, 3.63) is 48.3 Å².